The summed E-state index contributed by atoms with van der Waals surface area (Å²) in [6, 6.07) is 18.7. The molecule has 3 rings (SSSR count). The summed E-state index contributed by atoms with van der Waals surface area (Å²) in [6.45, 7) is 2.62. The van der Waals surface area contributed by atoms with Gasteiger partial charge in [-0.05, 0) is 42.8 Å². The standard InChI is InChI=1S/C20H20N4O2/c1-2-12-21-20(25)18-13-19(23-14-22-18)24-15-8-10-17(11-9-15)26-16-6-4-3-5-7-16/h3-11,13-14H,2,12H2,1H3,(H,21,25)(H,22,23,24). The van der Waals surface area contributed by atoms with Gasteiger partial charge in [0.2, 0.25) is 0 Å². The van der Waals surface area contributed by atoms with Crippen LogP contribution in [-0.2, 0) is 0 Å². The fraction of sp³-hybridized carbons (Fsp3) is 0.150. The molecule has 1 aromatic heterocycles. The number of rotatable bonds is 7. The van der Waals surface area contributed by atoms with Crippen molar-refractivity contribution in [1.29, 1.82) is 0 Å². The highest BCUT2D eigenvalue weighted by Crippen LogP contribution is 2.23. The largest absolute Gasteiger partial charge is 0.457 e. The Labute approximate surface area is 152 Å². The summed E-state index contributed by atoms with van der Waals surface area (Å²) in [7, 11) is 0. The third-order valence-corrected chi connectivity index (χ3v) is 3.54. The maximum atomic E-state index is 12.0. The molecule has 0 fully saturated rings. The number of benzene rings is 2. The second kappa shape index (κ2) is 8.62. The van der Waals surface area contributed by atoms with E-state index in [1.165, 1.54) is 6.33 Å². The highest BCUT2D eigenvalue weighted by Gasteiger charge is 2.08. The van der Waals surface area contributed by atoms with Crippen molar-refractivity contribution >= 4 is 17.4 Å². The Morgan fingerprint density at radius 2 is 1.73 bits per heavy atom. The first-order valence-electron chi connectivity index (χ1n) is 8.45. The normalized spacial score (nSPS) is 10.2. The molecule has 26 heavy (non-hydrogen) atoms. The molecule has 0 aliphatic heterocycles. The lowest BCUT2D eigenvalue weighted by Crippen LogP contribution is -2.25. The maximum absolute atomic E-state index is 12.0. The summed E-state index contributed by atoms with van der Waals surface area (Å²) in [5.74, 6) is 1.87. The molecule has 0 atom stereocenters. The van der Waals surface area contributed by atoms with Crippen molar-refractivity contribution < 1.29 is 9.53 Å². The maximum Gasteiger partial charge on any atom is 0.270 e. The Balaban J connectivity index is 1.64. The van der Waals surface area contributed by atoms with E-state index in [0.717, 1.165) is 23.6 Å². The van der Waals surface area contributed by atoms with Crippen LogP contribution in [0.15, 0.2) is 67.0 Å². The van der Waals surface area contributed by atoms with Crippen molar-refractivity contribution in [3.05, 3.63) is 72.7 Å². The predicted molar refractivity (Wildman–Crippen MR) is 101 cm³/mol. The van der Waals surface area contributed by atoms with Gasteiger partial charge in [0.25, 0.3) is 5.91 Å². The van der Waals surface area contributed by atoms with Crippen LogP contribution in [0.5, 0.6) is 11.5 Å². The Morgan fingerprint density at radius 3 is 2.46 bits per heavy atom. The van der Waals surface area contributed by atoms with Crippen molar-refractivity contribution in [2.24, 2.45) is 0 Å². The number of carbonyl (C=O) groups excluding carboxylic acids is 1. The number of hydrogen-bond donors (Lipinski definition) is 2. The van der Waals surface area contributed by atoms with Crippen molar-refractivity contribution in [3.8, 4) is 11.5 Å². The molecular formula is C20H20N4O2. The van der Waals surface area contributed by atoms with E-state index < -0.39 is 0 Å². The van der Waals surface area contributed by atoms with Crippen LogP contribution in [0.25, 0.3) is 0 Å². The lowest BCUT2D eigenvalue weighted by Gasteiger charge is -2.09. The van der Waals surface area contributed by atoms with E-state index in [2.05, 4.69) is 20.6 Å². The van der Waals surface area contributed by atoms with Gasteiger partial charge in [0, 0.05) is 18.3 Å². The van der Waals surface area contributed by atoms with Crippen LogP contribution in [0, 0.1) is 0 Å². The number of anilines is 2. The summed E-state index contributed by atoms with van der Waals surface area (Å²) in [6.07, 6.45) is 2.25. The molecule has 0 aliphatic rings. The van der Waals surface area contributed by atoms with Gasteiger partial charge in [-0.25, -0.2) is 9.97 Å². The first-order chi connectivity index (χ1) is 12.7. The van der Waals surface area contributed by atoms with Gasteiger partial charge in [-0.1, -0.05) is 25.1 Å². The molecule has 0 bridgehead atoms. The second-order valence-electron chi connectivity index (χ2n) is 5.61. The topological polar surface area (TPSA) is 76.1 Å². The fourth-order valence-corrected chi connectivity index (χ4v) is 2.26. The van der Waals surface area contributed by atoms with E-state index in [1.807, 2.05) is 61.5 Å². The molecule has 132 valence electrons. The molecule has 0 radical (unpaired) electrons. The van der Waals surface area contributed by atoms with Gasteiger partial charge >= 0.3 is 0 Å². The van der Waals surface area contributed by atoms with Gasteiger partial charge in [0.15, 0.2) is 0 Å². The van der Waals surface area contributed by atoms with E-state index in [4.69, 9.17) is 4.74 Å². The zero-order valence-corrected chi connectivity index (χ0v) is 14.5. The number of nitrogens with zero attached hydrogens (tertiary/aromatic N) is 2. The lowest BCUT2D eigenvalue weighted by molar-refractivity contribution is 0.0948. The molecule has 1 heterocycles. The Bertz CT molecular complexity index is 851. The van der Waals surface area contributed by atoms with E-state index >= 15 is 0 Å². The molecule has 0 unspecified atom stereocenters. The Morgan fingerprint density at radius 1 is 1.00 bits per heavy atom. The number of amides is 1. The van der Waals surface area contributed by atoms with E-state index in [-0.39, 0.29) is 5.91 Å². The SMILES string of the molecule is CCCNC(=O)c1cc(Nc2ccc(Oc3ccccc3)cc2)ncn1. The second-order valence-corrected chi connectivity index (χ2v) is 5.61. The van der Waals surface area contributed by atoms with Gasteiger partial charge in [0.1, 0.15) is 29.3 Å². The van der Waals surface area contributed by atoms with Crippen LogP contribution < -0.4 is 15.4 Å². The summed E-state index contributed by atoms with van der Waals surface area (Å²) >= 11 is 0. The highest BCUT2D eigenvalue weighted by molar-refractivity contribution is 5.92. The number of ether oxygens (including phenoxy) is 1. The molecule has 3 aromatic rings. The van der Waals surface area contributed by atoms with Crippen molar-refractivity contribution in [2.75, 3.05) is 11.9 Å². The molecule has 0 aliphatic carbocycles. The highest BCUT2D eigenvalue weighted by atomic mass is 16.5. The molecule has 1 amide bonds. The smallest absolute Gasteiger partial charge is 0.270 e. The first-order valence-corrected chi connectivity index (χ1v) is 8.45. The molecule has 2 aromatic carbocycles. The predicted octanol–water partition coefficient (Wildman–Crippen LogP) is 4.15. The summed E-state index contributed by atoms with van der Waals surface area (Å²) < 4.78 is 5.77. The first kappa shape index (κ1) is 17.4. The van der Waals surface area contributed by atoms with Crippen LogP contribution >= 0.6 is 0 Å². The molecule has 0 saturated carbocycles. The minimum Gasteiger partial charge on any atom is -0.457 e. The third-order valence-electron chi connectivity index (χ3n) is 3.54. The average Bonchev–Trinajstić information content (AvgIpc) is 2.69. The zero-order chi connectivity index (χ0) is 18.2. The van der Waals surface area contributed by atoms with Gasteiger partial charge in [-0.2, -0.15) is 0 Å². The molecule has 0 saturated heterocycles. The molecule has 0 spiro atoms. The van der Waals surface area contributed by atoms with Gasteiger partial charge < -0.3 is 15.4 Å². The quantitative estimate of drug-likeness (QED) is 0.671. The van der Waals surface area contributed by atoms with Crippen LogP contribution in [0.3, 0.4) is 0 Å². The van der Waals surface area contributed by atoms with Crippen LogP contribution in [0.2, 0.25) is 0 Å². The minimum absolute atomic E-state index is 0.205. The number of aromatic nitrogens is 2. The van der Waals surface area contributed by atoms with Gasteiger partial charge in [-0.15, -0.1) is 0 Å². The van der Waals surface area contributed by atoms with Gasteiger partial charge in [-0.3, -0.25) is 4.79 Å². The van der Waals surface area contributed by atoms with Crippen molar-refractivity contribution in [3.63, 3.8) is 0 Å². The monoisotopic (exact) mass is 348 g/mol. The van der Waals surface area contributed by atoms with E-state index in [0.29, 0.717) is 18.1 Å². The summed E-state index contributed by atoms with van der Waals surface area (Å²) in [5, 5.41) is 5.96. The van der Waals surface area contributed by atoms with Crippen molar-refractivity contribution in [1.82, 2.24) is 15.3 Å². The Hall–Kier alpha value is -3.41. The Kier molecular flexibility index (Phi) is 5.77. The fourth-order valence-electron chi connectivity index (χ4n) is 2.26. The van der Waals surface area contributed by atoms with Crippen LogP contribution in [0.4, 0.5) is 11.5 Å². The van der Waals surface area contributed by atoms with E-state index in [9.17, 15) is 4.79 Å². The number of hydrogen-bond acceptors (Lipinski definition) is 5. The third kappa shape index (κ3) is 4.80. The molecule has 6 heteroatoms. The van der Waals surface area contributed by atoms with Crippen LogP contribution in [0.1, 0.15) is 23.8 Å². The van der Waals surface area contributed by atoms with Crippen LogP contribution in [-0.4, -0.2) is 22.4 Å². The summed E-state index contributed by atoms with van der Waals surface area (Å²) in [5.41, 5.74) is 1.17. The molecule has 2 N–H and O–H groups in total. The van der Waals surface area contributed by atoms with Gasteiger partial charge in [0.05, 0.1) is 0 Å². The molecule has 6 nitrogen and oxygen atoms in total. The molecular weight excluding hydrogens is 328 g/mol. The van der Waals surface area contributed by atoms with Crippen molar-refractivity contribution in [2.45, 2.75) is 13.3 Å². The number of carbonyl (C=O) groups is 1. The zero-order valence-electron chi connectivity index (χ0n) is 14.5. The van der Waals surface area contributed by atoms with E-state index in [1.54, 1.807) is 6.07 Å². The lowest BCUT2D eigenvalue weighted by atomic mass is 10.3. The minimum atomic E-state index is -0.205. The number of nitrogens with one attached hydrogen (secondary N) is 2. The summed E-state index contributed by atoms with van der Waals surface area (Å²) in [4.78, 5) is 20.1. The number of para-hydroxylation sites is 1. The average molecular weight is 348 g/mol.